The second-order valence-electron chi connectivity index (χ2n) is 7.12. The zero-order chi connectivity index (χ0) is 18.2. The quantitative estimate of drug-likeness (QED) is 0.195. The summed E-state index contributed by atoms with van der Waals surface area (Å²) in [4.78, 5) is 11.8. The molecule has 1 aliphatic carbocycles. The van der Waals surface area contributed by atoms with Crippen molar-refractivity contribution in [3.05, 3.63) is 46.9 Å². The SMILES string of the molecule is C=C(OCCCC)C1=C/C(=C\C(=O)OCC)CCC([Si](C)(C)C)=C1. The average Bonchev–Trinajstić information content (AvgIpc) is 2.70. The zero-order valence-electron chi connectivity index (χ0n) is 15.9. The van der Waals surface area contributed by atoms with Crippen LogP contribution in [-0.2, 0) is 14.3 Å². The number of rotatable bonds is 8. The number of carbonyl (C=O) groups is 1. The lowest BCUT2D eigenvalue weighted by molar-refractivity contribution is -0.137. The van der Waals surface area contributed by atoms with Gasteiger partial charge in [-0.3, -0.25) is 0 Å². The van der Waals surface area contributed by atoms with E-state index < -0.39 is 8.07 Å². The molecule has 134 valence electrons. The molecule has 0 aromatic heterocycles. The smallest absolute Gasteiger partial charge is 0.331 e. The molecule has 24 heavy (non-hydrogen) atoms. The number of carbonyl (C=O) groups excluding carboxylic acids is 1. The minimum atomic E-state index is -1.42. The van der Waals surface area contributed by atoms with Gasteiger partial charge in [0.05, 0.1) is 21.3 Å². The first-order chi connectivity index (χ1) is 11.3. The first-order valence-electron chi connectivity index (χ1n) is 8.90. The molecule has 4 heteroatoms. The molecular weight excluding hydrogens is 316 g/mol. The van der Waals surface area contributed by atoms with Gasteiger partial charge in [0, 0.05) is 11.6 Å². The average molecular weight is 349 g/mol. The maximum Gasteiger partial charge on any atom is 0.331 e. The van der Waals surface area contributed by atoms with Crippen molar-refractivity contribution in [1.29, 1.82) is 0 Å². The Labute approximate surface area is 148 Å². The molecule has 0 radical (unpaired) electrons. The molecule has 0 spiro atoms. The fourth-order valence-corrected chi connectivity index (χ4v) is 3.94. The summed E-state index contributed by atoms with van der Waals surface area (Å²) in [6, 6.07) is 0. The Morgan fingerprint density at radius 2 is 1.92 bits per heavy atom. The van der Waals surface area contributed by atoms with E-state index in [1.54, 1.807) is 6.08 Å². The third-order valence-corrected chi connectivity index (χ3v) is 6.32. The Balaban J connectivity index is 3.06. The molecule has 1 aliphatic rings. The number of hydrogen-bond acceptors (Lipinski definition) is 3. The molecular formula is C20H32O3Si. The molecule has 0 bridgehead atoms. The molecule has 0 atom stereocenters. The predicted molar refractivity (Wildman–Crippen MR) is 103 cm³/mol. The van der Waals surface area contributed by atoms with Gasteiger partial charge in [-0.2, -0.15) is 0 Å². The zero-order valence-corrected chi connectivity index (χ0v) is 16.9. The Kier molecular flexibility index (Phi) is 8.26. The van der Waals surface area contributed by atoms with Gasteiger partial charge in [-0.05, 0) is 37.8 Å². The summed E-state index contributed by atoms with van der Waals surface area (Å²) in [5.41, 5.74) is 1.96. The molecule has 0 aromatic carbocycles. The van der Waals surface area contributed by atoms with Gasteiger partial charge in [-0.25, -0.2) is 4.79 Å². The van der Waals surface area contributed by atoms with Gasteiger partial charge in [0.1, 0.15) is 5.76 Å². The van der Waals surface area contributed by atoms with Gasteiger partial charge in [0.25, 0.3) is 0 Å². The van der Waals surface area contributed by atoms with Crippen molar-refractivity contribution in [3.8, 4) is 0 Å². The molecule has 3 nitrogen and oxygen atoms in total. The van der Waals surface area contributed by atoms with E-state index in [9.17, 15) is 4.79 Å². The third-order valence-electron chi connectivity index (χ3n) is 4.00. The predicted octanol–water partition coefficient (Wildman–Crippen LogP) is 5.33. The summed E-state index contributed by atoms with van der Waals surface area (Å²) in [5.74, 6) is 0.410. The monoisotopic (exact) mass is 348 g/mol. The first-order valence-corrected chi connectivity index (χ1v) is 12.4. The molecule has 0 fully saturated rings. The lowest BCUT2D eigenvalue weighted by Crippen LogP contribution is -2.24. The molecule has 0 aromatic rings. The van der Waals surface area contributed by atoms with Gasteiger partial charge < -0.3 is 9.47 Å². The van der Waals surface area contributed by atoms with Crippen LogP contribution < -0.4 is 0 Å². The van der Waals surface area contributed by atoms with Crippen LogP contribution in [0.5, 0.6) is 0 Å². The molecule has 1 rings (SSSR count). The third kappa shape index (κ3) is 6.91. The Hall–Kier alpha value is -1.55. The largest absolute Gasteiger partial charge is 0.494 e. The van der Waals surface area contributed by atoms with Crippen molar-refractivity contribution >= 4 is 14.0 Å². The van der Waals surface area contributed by atoms with Crippen molar-refractivity contribution in [3.63, 3.8) is 0 Å². The van der Waals surface area contributed by atoms with E-state index in [-0.39, 0.29) is 5.97 Å². The van der Waals surface area contributed by atoms with Crippen LogP contribution in [0.25, 0.3) is 0 Å². The van der Waals surface area contributed by atoms with Crippen LogP contribution >= 0.6 is 0 Å². The lowest BCUT2D eigenvalue weighted by atomic mass is 10.1. The molecule has 0 saturated heterocycles. The normalized spacial score (nSPS) is 17.0. The second-order valence-corrected chi connectivity index (χ2v) is 12.3. The number of ether oxygens (including phenoxy) is 2. The van der Waals surface area contributed by atoms with E-state index in [2.05, 4.69) is 39.2 Å². The Bertz CT molecular complexity index is 548. The standard InChI is InChI=1S/C20H32O3Si/c1-7-9-12-23-16(3)18-13-17(14-20(21)22-8-2)10-11-19(15-18)24(4,5)6/h13-15H,3,7-12H2,1-2,4-6H3/b17-14-. The minimum Gasteiger partial charge on any atom is -0.494 e. The summed E-state index contributed by atoms with van der Waals surface area (Å²) in [6.45, 7) is 16.2. The van der Waals surface area contributed by atoms with Gasteiger partial charge in [0.15, 0.2) is 0 Å². The molecule has 0 unspecified atom stereocenters. The Morgan fingerprint density at radius 3 is 2.50 bits per heavy atom. The maximum atomic E-state index is 11.8. The van der Waals surface area contributed by atoms with Crippen molar-refractivity contribution in [2.45, 2.75) is 59.2 Å². The molecule has 0 heterocycles. The molecule has 0 N–H and O–H groups in total. The van der Waals surface area contributed by atoms with Crippen LogP contribution in [0.2, 0.25) is 19.6 Å². The summed E-state index contributed by atoms with van der Waals surface area (Å²) >= 11 is 0. The van der Waals surface area contributed by atoms with Crippen molar-refractivity contribution in [2.24, 2.45) is 0 Å². The molecule has 0 amide bonds. The minimum absolute atomic E-state index is 0.280. The first kappa shape index (κ1) is 20.5. The highest BCUT2D eigenvalue weighted by Gasteiger charge is 2.22. The van der Waals surface area contributed by atoms with Gasteiger partial charge in [-0.15, -0.1) is 0 Å². The second kappa shape index (κ2) is 9.67. The van der Waals surface area contributed by atoms with Crippen LogP contribution in [-0.4, -0.2) is 27.3 Å². The van der Waals surface area contributed by atoms with Gasteiger partial charge >= 0.3 is 5.97 Å². The number of allylic oxidation sites excluding steroid dienone is 4. The fraction of sp³-hybridized carbons (Fsp3) is 0.550. The molecule has 0 aliphatic heterocycles. The van der Waals surface area contributed by atoms with Crippen LogP contribution in [0.3, 0.4) is 0 Å². The highest BCUT2D eigenvalue weighted by Crippen LogP contribution is 2.30. The maximum absolute atomic E-state index is 11.8. The van der Waals surface area contributed by atoms with Crippen LogP contribution in [0.4, 0.5) is 0 Å². The van der Waals surface area contributed by atoms with E-state index in [0.717, 1.165) is 36.8 Å². The number of esters is 1. The van der Waals surface area contributed by atoms with Crippen molar-refractivity contribution < 1.29 is 14.3 Å². The summed E-state index contributed by atoms with van der Waals surface area (Å²) in [5, 5.41) is 1.47. The summed E-state index contributed by atoms with van der Waals surface area (Å²) in [6.07, 6.45) is 9.79. The van der Waals surface area contributed by atoms with Gasteiger partial charge in [-0.1, -0.05) is 50.8 Å². The Morgan fingerprint density at radius 1 is 1.21 bits per heavy atom. The van der Waals surface area contributed by atoms with Crippen LogP contribution in [0, 0.1) is 0 Å². The molecule has 0 saturated carbocycles. The number of unbranched alkanes of at least 4 members (excludes halogenated alkanes) is 1. The lowest BCUT2D eigenvalue weighted by Gasteiger charge is -2.21. The van der Waals surface area contributed by atoms with E-state index in [4.69, 9.17) is 9.47 Å². The highest BCUT2D eigenvalue weighted by atomic mass is 28.3. The van der Waals surface area contributed by atoms with E-state index in [1.165, 1.54) is 5.20 Å². The summed E-state index contributed by atoms with van der Waals surface area (Å²) < 4.78 is 10.9. The van der Waals surface area contributed by atoms with Crippen molar-refractivity contribution in [2.75, 3.05) is 13.2 Å². The van der Waals surface area contributed by atoms with Crippen LogP contribution in [0.1, 0.15) is 39.5 Å². The fourth-order valence-electron chi connectivity index (χ4n) is 2.48. The van der Waals surface area contributed by atoms with Gasteiger partial charge in [0.2, 0.25) is 0 Å². The number of hydrogen-bond donors (Lipinski definition) is 0. The topological polar surface area (TPSA) is 35.5 Å². The van der Waals surface area contributed by atoms with Crippen LogP contribution in [0.15, 0.2) is 46.9 Å². The highest BCUT2D eigenvalue weighted by molar-refractivity contribution is 6.83. The van der Waals surface area contributed by atoms with Crippen molar-refractivity contribution in [1.82, 2.24) is 0 Å². The summed E-state index contributed by atoms with van der Waals surface area (Å²) in [7, 11) is -1.42. The van der Waals surface area contributed by atoms with E-state index in [0.29, 0.717) is 19.0 Å². The van der Waals surface area contributed by atoms with E-state index >= 15 is 0 Å². The van der Waals surface area contributed by atoms with E-state index in [1.807, 2.05) is 13.0 Å².